The first-order valence-corrected chi connectivity index (χ1v) is 6.56. The maximum atomic E-state index is 5.42. The molecule has 2 rings (SSSR count). The maximum absolute atomic E-state index is 5.42. The molecule has 0 spiro atoms. The number of nitrogens with zero attached hydrogens (tertiary/aromatic N) is 2. The summed E-state index contributed by atoms with van der Waals surface area (Å²) in [5.41, 5.74) is 0. The van der Waals surface area contributed by atoms with Crippen LogP contribution in [0.5, 0.6) is 0 Å². The summed E-state index contributed by atoms with van der Waals surface area (Å²) in [4.78, 5) is 4.34. The van der Waals surface area contributed by atoms with Crippen LogP contribution >= 0.6 is 11.8 Å². The number of thioether (sulfide) groups is 1. The summed E-state index contributed by atoms with van der Waals surface area (Å²) >= 11 is 1.66. The molecule has 0 bridgehead atoms. The van der Waals surface area contributed by atoms with Crippen LogP contribution in [0.1, 0.15) is 30.7 Å². The van der Waals surface area contributed by atoms with Crippen molar-refractivity contribution in [3.05, 3.63) is 29.5 Å². The molecule has 0 atom stereocenters. The van der Waals surface area contributed by atoms with Gasteiger partial charge in [-0.3, -0.25) is 5.10 Å². The number of aromatic amines is 1. The molecule has 2 aromatic rings. The fraction of sp³-hybridized carbons (Fsp3) is 0.333. The molecule has 90 valence electrons. The van der Waals surface area contributed by atoms with E-state index in [9.17, 15) is 0 Å². The second-order valence-electron chi connectivity index (χ2n) is 3.63. The highest BCUT2D eigenvalue weighted by Crippen LogP contribution is 2.14. The Morgan fingerprint density at radius 3 is 3.00 bits per heavy atom. The average molecular weight is 249 g/mol. The molecule has 0 unspecified atom stereocenters. The Bertz CT molecular complexity index is 501. The predicted octanol–water partition coefficient (Wildman–Crippen LogP) is 3.38. The lowest BCUT2D eigenvalue weighted by molar-refractivity contribution is 0.525. The van der Waals surface area contributed by atoms with Crippen LogP contribution in [0.2, 0.25) is 0 Å². The van der Waals surface area contributed by atoms with Crippen LogP contribution in [0.4, 0.5) is 0 Å². The third-order valence-electron chi connectivity index (χ3n) is 2.08. The second kappa shape index (κ2) is 5.72. The SMILES string of the molecule is CCCSc1n[nH]c(/C=C/c2ccc(C)o2)n1. The van der Waals surface area contributed by atoms with E-state index < -0.39 is 0 Å². The molecule has 17 heavy (non-hydrogen) atoms. The largest absolute Gasteiger partial charge is 0.462 e. The zero-order valence-electron chi connectivity index (χ0n) is 9.93. The topological polar surface area (TPSA) is 54.7 Å². The number of hydrogen-bond donors (Lipinski definition) is 1. The molecule has 0 aliphatic carbocycles. The van der Waals surface area contributed by atoms with Gasteiger partial charge in [-0.25, -0.2) is 4.98 Å². The van der Waals surface area contributed by atoms with Gasteiger partial charge in [0.25, 0.3) is 0 Å². The molecule has 4 nitrogen and oxygen atoms in total. The molecule has 0 saturated heterocycles. The van der Waals surface area contributed by atoms with E-state index in [0.717, 1.165) is 34.7 Å². The Balaban J connectivity index is 1.98. The zero-order valence-corrected chi connectivity index (χ0v) is 10.8. The number of H-pyrrole nitrogens is 1. The Morgan fingerprint density at radius 2 is 2.29 bits per heavy atom. The van der Waals surface area contributed by atoms with Crippen molar-refractivity contribution in [1.82, 2.24) is 15.2 Å². The molecular weight excluding hydrogens is 234 g/mol. The fourth-order valence-electron chi connectivity index (χ4n) is 1.29. The smallest absolute Gasteiger partial charge is 0.208 e. The van der Waals surface area contributed by atoms with Gasteiger partial charge in [-0.05, 0) is 37.6 Å². The van der Waals surface area contributed by atoms with Crippen LogP contribution < -0.4 is 0 Å². The third-order valence-corrected chi connectivity index (χ3v) is 3.14. The van der Waals surface area contributed by atoms with Crippen LogP contribution in [0.25, 0.3) is 12.2 Å². The van der Waals surface area contributed by atoms with E-state index in [1.165, 1.54) is 0 Å². The average Bonchev–Trinajstić information content (AvgIpc) is 2.93. The summed E-state index contributed by atoms with van der Waals surface area (Å²) in [6.07, 6.45) is 4.86. The van der Waals surface area contributed by atoms with E-state index >= 15 is 0 Å². The van der Waals surface area contributed by atoms with Crippen molar-refractivity contribution in [2.75, 3.05) is 5.75 Å². The van der Waals surface area contributed by atoms with Gasteiger partial charge >= 0.3 is 0 Å². The normalized spacial score (nSPS) is 11.4. The summed E-state index contributed by atoms with van der Waals surface area (Å²) in [6.45, 7) is 4.06. The van der Waals surface area contributed by atoms with E-state index in [1.54, 1.807) is 11.8 Å². The minimum atomic E-state index is 0.748. The molecule has 2 heterocycles. The van der Waals surface area contributed by atoms with Crippen LogP contribution in [0, 0.1) is 6.92 Å². The van der Waals surface area contributed by atoms with E-state index in [0.29, 0.717) is 0 Å². The van der Waals surface area contributed by atoms with E-state index in [1.807, 2.05) is 31.2 Å². The van der Waals surface area contributed by atoms with E-state index in [-0.39, 0.29) is 0 Å². The minimum Gasteiger partial charge on any atom is -0.462 e. The minimum absolute atomic E-state index is 0.748. The Hall–Kier alpha value is -1.49. The van der Waals surface area contributed by atoms with Gasteiger partial charge in [0, 0.05) is 5.75 Å². The highest BCUT2D eigenvalue weighted by Gasteiger charge is 2.00. The van der Waals surface area contributed by atoms with Gasteiger partial charge in [-0.1, -0.05) is 18.7 Å². The molecule has 0 fully saturated rings. The number of rotatable bonds is 5. The predicted molar refractivity (Wildman–Crippen MR) is 69.8 cm³/mol. The van der Waals surface area contributed by atoms with Gasteiger partial charge in [-0.2, -0.15) is 0 Å². The Labute approximate surface area is 105 Å². The van der Waals surface area contributed by atoms with E-state index in [2.05, 4.69) is 22.1 Å². The van der Waals surface area contributed by atoms with Gasteiger partial charge in [0.1, 0.15) is 17.3 Å². The number of hydrogen-bond acceptors (Lipinski definition) is 4. The van der Waals surface area contributed by atoms with Crippen LogP contribution in [0.15, 0.2) is 21.7 Å². The summed E-state index contributed by atoms with van der Waals surface area (Å²) in [5.74, 6) is 3.51. The molecule has 1 N–H and O–H groups in total. The monoisotopic (exact) mass is 249 g/mol. The summed E-state index contributed by atoms with van der Waals surface area (Å²) < 4.78 is 5.42. The lowest BCUT2D eigenvalue weighted by atomic mass is 10.4. The summed E-state index contributed by atoms with van der Waals surface area (Å²) in [7, 11) is 0. The van der Waals surface area contributed by atoms with Crippen molar-refractivity contribution in [2.24, 2.45) is 0 Å². The van der Waals surface area contributed by atoms with Crippen molar-refractivity contribution in [1.29, 1.82) is 0 Å². The second-order valence-corrected chi connectivity index (χ2v) is 4.70. The molecule has 2 aromatic heterocycles. The molecule has 0 saturated carbocycles. The standard InChI is InChI=1S/C12H15N3OS/c1-3-8-17-12-13-11(14-15-12)7-6-10-5-4-9(2)16-10/h4-7H,3,8H2,1-2H3,(H,13,14,15)/b7-6+. The van der Waals surface area contributed by atoms with Crippen molar-refractivity contribution in [3.8, 4) is 0 Å². The van der Waals surface area contributed by atoms with Crippen LogP contribution in [-0.4, -0.2) is 20.9 Å². The molecule has 5 heteroatoms. The van der Waals surface area contributed by atoms with Crippen LogP contribution in [0.3, 0.4) is 0 Å². The first-order chi connectivity index (χ1) is 8.28. The lowest BCUT2D eigenvalue weighted by Crippen LogP contribution is -1.78. The molecule has 0 amide bonds. The zero-order chi connectivity index (χ0) is 12.1. The Morgan fingerprint density at radius 1 is 1.41 bits per heavy atom. The summed E-state index contributed by atoms with van der Waals surface area (Å²) in [6, 6.07) is 3.86. The van der Waals surface area contributed by atoms with Crippen molar-refractivity contribution in [2.45, 2.75) is 25.4 Å². The highest BCUT2D eigenvalue weighted by atomic mass is 32.2. The van der Waals surface area contributed by atoms with Gasteiger partial charge in [0.2, 0.25) is 5.16 Å². The molecule has 0 radical (unpaired) electrons. The summed E-state index contributed by atoms with van der Waals surface area (Å²) in [5, 5.41) is 7.79. The number of furan rings is 1. The highest BCUT2D eigenvalue weighted by molar-refractivity contribution is 7.99. The molecular formula is C12H15N3OS. The fourth-order valence-corrected chi connectivity index (χ4v) is 1.95. The van der Waals surface area contributed by atoms with E-state index in [4.69, 9.17) is 4.42 Å². The molecule has 0 aromatic carbocycles. The maximum Gasteiger partial charge on any atom is 0.208 e. The first kappa shape index (κ1) is 12.0. The molecule has 0 aliphatic heterocycles. The van der Waals surface area contributed by atoms with Gasteiger partial charge in [0.05, 0.1) is 0 Å². The quantitative estimate of drug-likeness (QED) is 0.825. The van der Waals surface area contributed by atoms with Crippen molar-refractivity contribution < 1.29 is 4.42 Å². The number of aromatic nitrogens is 3. The van der Waals surface area contributed by atoms with Gasteiger partial charge in [-0.15, -0.1) is 5.10 Å². The van der Waals surface area contributed by atoms with Crippen molar-refractivity contribution in [3.63, 3.8) is 0 Å². The molecule has 0 aliphatic rings. The van der Waals surface area contributed by atoms with Gasteiger partial charge < -0.3 is 4.42 Å². The van der Waals surface area contributed by atoms with Crippen molar-refractivity contribution >= 4 is 23.9 Å². The van der Waals surface area contributed by atoms with Gasteiger partial charge in [0.15, 0.2) is 0 Å². The van der Waals surface area contributed by atoms with Crippen LogP contribution in [-0.2, 0) is 0 Å². The number of nitrogens with one attached hydrogen (secondary N) is 1. The third kappa shape index (κ3) is 3.49. The Kier molecular flexibility index (Phi) is 4.03. The lowest BCUT2D eigenvalue weighted by Gasteiger charge is -1.88. The number of aryl methyl sites for hydroxylation is 1. The first-order valence-electron chi connectivity index (χ1n) is 5.57.